The maximum absolute atomic E-state index is 12.8. The van der Waals surface area contributed by atoms with Crippen LogP contribution in [0.25, 0.3) is 22.5 Å². The Morgan fingerprint density at radius 2 is 1.94 bits per heavy atom. The monoisotopic (exact) mass is 416 g/mol. The number of hydrogen-bond acceptors (Lipinski definition) is 4. The molecule has 0 bridgehead atoms. The number of nitrogens with one attached hydrogen (secondary N) is 1. The van der Waals surface area contributed by atoms with Gasteiger partial charge in [-0.2, -0.15) is 5.10 Å². The molecule has 3 aromatic rings. The highest BCUT2D eigenvalue weighted by molar-refractivity contribution is 5.99. The standard InChI is InChI=1S/C24H24N4O3/c1-16(8-11-23(30)25-15-29)28-14-19-12-18(9-10-20(19)24(28)31)21-13-22(27(2)26-21)17-6-4-3-5-7-17/h3-7,9-10,12-13,15-16H,8,11,14H2,1-2H3,(H,25,29,30). The molecule has 7 nitrogen and oxygen atoms in total. The highest BCUT2D eigenvalue weighted by Gasteiger charge is 2.31. The summed E-state index contributed by atoms with van der Waals surface area (Å²) < 4.78 is 1.86. The van der Waals surface area contributed by atoms with E-state index in [1.807, 2.05) is 55.1 Å². The van der Waals surface area contributed by atoms with Gasteiger partial charge < -0.3 is 4.90 Å². The highest BCUT2D eigenvalue weighted by atomic mass is 16.2. The molecule has 3 amide bonds. The van der Waals surface area contributed by atoms with Crippen molar-refractivity contribution in [2.24, 2.45) is 7.05 Å². The van der Waals surface area contributed by atoms with Gasteiger partial charge in [-0.1, -0.05) is 36.4 Å². The summed E-state index contributed by atoms with van der Waals surface area (Å²) in [5, 5.41) is 6.80. The molecule has 2 aromatic carbocycles. The second-order valence-electron chi connectivity index (χ2n) is 7.78. The number of amides is 3. The lowest BCUT2D eigenvalue weighted by atomic mass is 10.0. The number of rotatable bonds is 7. The molecule has 0 aliphatic carbocycles. The topological polar surface area (TPSA) is 84.3 Å². The smallest absolute Gasteiger partial charge is 0.254 e. The van der Waals surface area contributed by atoms with Gasteiger partial charge in [-0.15, -0.1) is 0 Å². The summed E-state index contributed by atoms with van der Waals surface area (Å²) in [4.78, 5) is 36.5. The number of carbonyl (C=O) groups is 3. The lowest BCUT2D eigenvalue weighted by Gasteiger charge is -2.23. The Morgan fingerprint density at radius 1 is 1.16 bits per heavy atom. The van der Waals surface area contributed by atoms with Gasteiger partial charge in [-0.05, 0) is 42.7 Å². The number of carbonyl (C=O) groups excluding carboxylic acids is 3. The zero-order valence-electron chi connectivity index (χ0n) is 17.5. The molecular weight excluding hydrogens is 392 g/mol. The number of benzene rings is 2. The molecule has 0 saturated heterocycles. The van der Waals surface area contributed by atoms with E-state index < -0.39 is 0 Å². The number of imide groups is 1. The van der Waals surface area contributed by atoms with Crippen LogP contribution in [0.1, 0.15) is 35.7 Å². The Hall–Kier alpha value is -3.74. The fourth-order valence-corrected chi connectivity index (χ4v) is 3.98. The molecule has 1 unspecified atom stereocenters. The van der Waals surface area contributed by atoms with Crippen LogP contribution in [0.2, 0.25) is 0 Å². The van der Waals surface area contributed by atoms with Gasteiger partial charge in [-0.25, -0.2) is 0 Å². The molecule has 0 saturated carbocycles. The van der Waals surface area contributed by atoms with E-state index in [-0.39, 0.29) is 24.3 Å². The molecule has 7 heteroatoms. The number of hydrogen-bond donors (Lipinski definition) is 1. The molecule has 1 aliphatic heterocycles. The van der Waals surface area contributed by atoms with Crippen LogP contribution in [-0.2, 0) is 23.2 Å². The molecule has 0 spiro atoms. The van der Waals surface area contributed by atoms with E-state index in [2.05, 4.69) is 28.6 Å². The van der Waals surface area contributed by atoms with E-state index in [1.165, 1.54) is 0 Å². The lowest BCUT2D eigenvalue weighted by Crippen LogP contribution is -2.34. The van der Waals surface area contributed by atoms with Gasteiger partial charge >= 0.3 is 0 Å². The largest absolute Gasteiger partial charge is 0.332 e. The van der Waals surface area contributed by atoms with Crippen molar-refractivity contribution >= 4 is 18.2 Å². The zero-order valence-corrected chi connectivity index (χ0v) is 17.5. The Kier molecular flexibility index (Phi) is 5.66. The summed E-state index contributed by atoms with van der Waals surface area (Å²) in [5.74, 6) is -0.367. The summed E-state index contributed by atoms with van der Waals surface area (Å²) in [6.45, 7) is 2.42. The molecule has 31 heavy (non-hydrogen) atoms. The lowest BCUT2D eigenvalue weighted by molar-refractivity contribution is -0.125. The van der Waals surface area contributed by atoms with Crippen LogP contribution >= 0.6 is 0 Å². The van der Waals surface area contributed by atoms with Crippen molar-refractivity contribution < 1.29 is 14.4 Å². The first kappa shape index (κ1) is 20.5. The number of nitrogens with zero attached hydrogens (tertiary/aromatic N) is 3. The van der Waals surface area contributed by atoms with Crippen molar-refractivity contribution in [3.8, 4) is 22.5 Å². The SMILES string of the molecule is CC(CCC(=O)NC=O)N1Cc2cc(-c3cc(-c4ccccc4)n(C)n3)ccc2C1=O. The van der Waals surface area contributed by atoms with Crippen LogP contribution in [0.4, 0.5) is 0 Å². The average molecular weight is 416 g/mol. The predicted octanol–water partition coefficient (Wildman–Crippen LogP) is 3.15. The summed E-state index contributed by atoms with van der Waals surface area (Å²) in [6.07, 6.45) is 1.07. The van der Waals surface area contributed by atoms with Crippen LogP contribution in [0, 0.1) is 0 Å². The Morgan fingerprint density at radius 3 is 2.68 bits per heavy atom. The third kappa shape index (κ3) is 4.12. The Bertz CT molecular complexity index is 1140. The second kappa shape index (κ2) is 8.55. The molecular formula is C24H24N4O3. The van der Waals surface area contributed by atoms with Gasteiger partial charge in [0.25, 0.3) is 5.91 Å². The highest BCUT2D eigenvalue weighted by Crippen LogP contribution is 2.31. The maximum Gasteiger partial charge on any atom is 0.254 e. The average Bonchev–Trinajstić information content (AvgIpc) is 3.33. The van der Waals surface area contributed by atoms with Crippen LogP contribution in [0.5, 0.6) is 0 Å². The third-order valence-electron chi connectivity index (χ3n) is 5.72. The first-order valence-electron chi connectivity index (χ1n) is 10.2. The van der Waals surface area contributed by atoms with E-state index >= 15 is 0 Å². The first-order chi connectivity index (χ1) is 15.0. The summed E-state index contributed by atoms with van der Waals surface area (Å²) in [5.41, 5.74) is 5.58. The summed E-state index contributed by atoms with van der Waals surface area (Å²) >= 11 is 0. The van der Waals surface area contributed by atoms with Crippen molar-refractivity contribution in [1.82, 2.24) is 20.0 Å². The second-order valence-corrected chi connectivity index (χ2v) is 7.78. The molecule has 1 atom stereocenters. The van der Waals surface area contributed by atoms with Gasteiger partial charge in [0, 0.05) is 37.2 Å². The van der Waals surface area contributed by atoms with Crippen molar-refractivity contribution in [3.63, 3.8) is 0 Å². The fourth-order valence-electron chi connectivity index (χ4n) is 3.98. The third-order valence-corrected chi connectivity index (χ3v) is 5.72. The van der Waals surface area contributed by atoms with Crippen LogP contribution in [0.3, 0.4) is 0 Å². The minimum absolute atomic E-state index is 0.0316. The zero-order chi connectivity index (χ0) is 22.0. The molecule has 1 N–H and O–H groups in total. The maximum atomic E-state index is 12.8. The van der Waals surface area contributed by atoms with Gasteiger partial charge in [0.1, 0.15) is 0 Å². The van der Waals surface area contributed by atoms with Crippen molar-refractivity contribution in [2.45, 2.75) is 32.4 Å². The molecule has 0 radical (unpaired) electrons. The fraction of sp³-hybridized carbons (Fsp3) is 0.250. The first-order valence-corrected chi connectivity index (χ1v) is 10.2. The normalized spacial score (nSPS) is 13.7. The minimum Gasteiger partial charge on any atom is -0.332 e. The van der Waals surface area contributed by atoms with Crippen LogP contribution < -0.4 is 5.32 Å². The van der Waals surface area contributed by atoms with E-state index in [4.69, 9.17) is 0 Å². The molecule has 0 fully saturated rings. The van der Waals surface area contributed by atoms with E-state index in [9.17, 15) is 14.4 Å². The summed E-state index contributed by atoms with van der Waals surface area (Å²) in [7, 11) is 1.92. The molecule has 158 valence electrons. The van der Waals surface area contributed by atoms with Crippen molar-refractivity contribution in [3.05, 3.63) is 65.7 Å². The molecule has 4 rings (SSSR count). The van der Waals surface area contributed by atoms with Gasteiger partial charge in [0.2, 0.25) is 12.3 Å². The van der Waals surface area contributed by atoms with Crippen molar-refractivity contribution in [1.29, 1.82) is 0 Å². The number of aryl methyl sites for hydroxylation is 1. The minimum atomic E-state index is -0.335. The van der Waals surface area contributed by atoms with E-state index in [1.54, 1.807) is 4.90 Å². The Labute approximate surface area is 180 Å². The summed E-state index contributed by atoms with van der Waals surface area (Å²) in [6, 6.07) is 17.8. The van der Waals surface area contributed by atoms with Gasteiger partial charge in [0.05, 0.1) is 11.4 Å². The molecule has 1 aromatic heterocycles. The van der Waals surface area contributed by atoms with Crippen LogP contribution in [-0.4, -0.2) is 38.9 Å². The van der Waals surface area contributed by atoms with Crippen molar-refractivity contribution in [2.75, 3.05) is 0 Å². The quantitative estimate of drug-likeness (QED) is 0.600. The van der Waals surface area contributed by atoms with Crippen LogP contribution in [0.15, 0.2) is 54.6 Å². The van der Waals surface area contributed by atoms with E-state index in [0.717, 1.165) is 28.1 Å². The number of aromatic nitrogens is 2. The number of fused-ring (bicyclic) bond motifs is 1. The molecule has 2 heterocycles. The Balaban J connectivity index is 1.53. The van der Waals surface area contributed by atoms with Gasteiger partial charge in [0.15, 0.2) is 0 Å². The molecule has 1 aliphatic rings. The van der Waals surface area contributed by atoms with Gasteiger partial charge in [-0.3, -0.25) is 24.4 Å². The predicted molar refractivity (Wildman–Crippen MR) is 117 cm³/mol. The van der Waals surface area contributed by atoms with E-state index in [0.29, 0.717) is 24.9 Å².